The molecule has 0 aromatic heterocycles. The Balaban J connectivity index is 2.33. The van der Waals surface area contributed by atoms with Gasteiger partial charge in [0.1, 0.15) is 5.82 Å². The van der Waals surface area contributed by atoms with Gasteiger partial charge in [-0.3, -0.25) is 0 Å². The van der Waals surface area contributed by atoms with E-state index in [4.69, 9.17) is 0 Å². The van der Waals surface area contributed by atoms with Crippen molar-refractivity contribution in [2.24, 2.45) is 0 Å². The van der Waals surface area contributed by atoms with Crippen molar-refractivity contribution in [2.75, 3.05) is 20.6 Å². The van der Waals surface area contributed by atoms with E-state index in [-0.39, 0.29) is 5.82 Å². The SMILES string of the molecule is CN(C)CC[CH]c1ccc(F)cc1. The van der Waals surface area contributed by atoms with Gasteiger partial charge in [0.2, 0.25) is 0 Å². The first-order valence-electron chi connectivity index (χ1n) is 4.42. The molecule has 1 radical (unpaired) electrons. The van der Waals surface area contributed by atoms with Gasteiger partial charge in [0.25, 0.3) is 0 Å². The van der Waals surface area contributed by atoms with Crippen molar-refractivity contribution in [3.05, 3.63) is 42.1 Å². The summed E-state index contributed by atoms with van der Waals surface area (Å²) in [5.74, 6) is -0.176. The minimum Gasteiger partial charge on any atom is -0.309 e. The molecule has 71 valence electrons. The summed E-state index contributed by atoms with van der Waals surface area (Å²) in [6.45, 7) is 1.03. The van der Waals surface area contributed by atoms with Crippen LogP contribution in [0.2, 0.25) is 0 Å². The predicted molar refractivity (Wildman–Crippen MR) is 53.0 cm³/mol. The third-order valence-electron chi connectivity index (χ3n) is 1.83. The van der Waals surface area contributed by atoms with Crippen LogP contribution in [0.5, 0.6) is 0 Å². The quantitative estimate of drug-likeness (QED) is 0.687. The molecule has 13 heavy (non-hydrogen) atoms. The fourth-order valence-electron chi connectivity index (χ4n) is 1.09. The fraction of sp³-hybridized carbons (Fsp3) is 0.364. The zero-order valence-electron chi connectivity index (χ0n) is 8.13. The molecular formula is C11H15FN. The topological polar surface area (TPSA) is 3.24 Å². The normalized spacial score (nSPS) is 10.8. The highest BCUT2D eigenvalue weighted by atomic mass is 19.1. The molecule has 0 aliphatic carbocycles. The largest absolute Gasteiger partial charge is 0.309 e. The first kappa shape index (κ1) is 10.2. The highest BCUT2D eigenvalue weighted by molar-refractivity contribution is 5.23. The summed E-state index contributed by atoms with van der Waals surface area (Å²) in [5.41, 5.74) is 1.09. The van der Waals surface area contributed by atoms with Gasteiger partial charge >= 0.3 is 0 Å². The van der Waals surface area contributed by atoms with Crippen LogP contribution in [0.25, 0.3) is 0 Å². The average molecular weight is 180 g/mol. The van der Waals surface area contributed by atoms with Crippen LogP contribution in [0, 0.1) is 12.2 Å². The molecule has 1 nitrogen and oxygen atoms in total. The van der Waals surface area contributed by atoms with Crippen molar-refractivity contribution in [1.29, 1.82) is 0 Å². The van der Waals surface area contributed by atoms with Crippen LogP contribution in [0.15, 0.2) is 24.3 Å². The van der Waals surface area contributed by atoms with Crippen LogP contribution in [-0.4, -0.2) is 25.5 Å². The number of nitrogens with zero attached hydrogens (tertiary/aromatic N) is 1. The van der Waals surface area contributed by atoms with Crippen molar-refractivity contribution >= 4 is 0 Å². The molecule has 1 aromatic carbocycles. The lowest BCUT2D eigenvalue weighted by Crippen LogP contribution is -2.12. The van der Waals surface area contributed by atoms with E-state index in [1.807, 2.05) is 14.1 Å². The second kappa shape index (κ2) is 4.97. The van der Waals surface area contributed by atoms with Gasteiger partial charge in [-0.2, -0.15) is 0 Å². The highest BCUT2D eigenvalue weighted by Gasteiger charge is 1.95. The summed E-state index contributed by atoms with van der Waals surface area (Å²) >= 11 is 0. The van der Waals surface area contributed by atoms with Crippen molar-refractivity contribution in [1.82, 2.24) is 4.90 Å². The standard InChI is InChI=1S/C11H15FN/c1-13(2)9-3-4-10-5-7-11(12)8-6-10/h4-8H,3,9H2,1-2H3. The molecule has 0 spiro atoms. The van der Waals surface area contributed by atoms with Crippen LogP contribution in [0.1, 0.15) is 12.0 Å². The van der Waals surface area contributed by atoms with E-state index in [0.29, 0.717) is 0 Å². The minimum absolute atomic E-state index is 0.176. The van der Waals surface area contributed by atoms with E-state index in [9.17, 15) is 4.39 Å². The van der Waals surface area contributed by atoms with Gasteiger partial charge < -0.3 is 4.90 Å². The predicted octanol–water partition coefficient (Wildman–Crippen LogP) is 2.33. The van der Waals surface area contributed by atoms with E-state index in [2.05, 4.69) is 11.3 Å². The second-order valence-electron chi connectivity index (χ2n) is 3.35. The Morgan fingerprint density at radius 1 is 1.23 bits per heavy atom. The molecule has 0 fully saturated rings. The van der Waals surface area contributed by atoms with E-state index >= 15 is 0 Å². The van der Waals surface area contributed by atoms with Crippen LogP contribution in [0.3, 0.4) is 0 Å². The Hall–Kier alpha value is -0.890. The summed E-state index contributed by atoms with van der Waals surface area (Å²) in [7, 11) is 4.08. The second-order valence-corrected chi connectivity index (χ2v) is 3.35. The van der Waals surface area contributed by atoms with Gasteiger partial charge in [-0.25, -0.2) is 4.39 Å². The molecule has 0 aliphatic heterocycles. The van der Waals surface area contributed by atoms with Gasteiger partial charge in [0.05, 0.1) is 0 Å². The molecule has 2 heteroatoms. The molecule has 1 rings (SSSR count). The van der Waals surface area contributed by atoms with Crippen molar-refractivity contribution in [2.45, 2.75) is 6.42 Å². The third-order valence-corrected chi connectivity index (χ3v) is 1.83. The Kier molecular flexibility index (Phi) is 3.90. The molecule has 0 heterocycles. The van der Waals surface area contributed by atoms with Crippen LogP contribution in [0.4, 0.5) is 4.39 Å². The van der Waals surface area contributed by atoms with E-state index in [0.717, 1.165) is 18.5 Å². The molecule has 0 saturated heterocycles. The highest BCUT2D eigenvalue weighted by Crippen LogP contribution is 2.07. The minimum atomic E-state index is -0.176. The zero-order chi connectivity index (χ0) is 9.68. The molecule has 0 N–H and O–H groups in total. The van der Waals surface area contributed by atoms with Crippen LogP contribution in [-0.2, 0) is 0 Å². The zero-order valence-corrected chi connectivity index (χ0v) is 8.13. The van der Waals surface area contributed by atoms with E-state index in [1.165, 1.54) is 12.1 Å². The lowest BCUT2D eigenvalue weighted by Gasteiger charge is -2.08. The van der Waals surface area contributed by atoms with Crippen molar-refractivity contribution in [3.8, 4) is 0 Å². The number of rotatable bonds is 4. The van der Waals surface area contributed by atoms with Crippen LogP contribution < -0.4 is 0 Å². The maximum atomic E-state index is 12.5. The lowest BCUT2D eigenvalue weighted by molar-refractivity contribution is 0.413. The Bertz CT molecular complexity index is 241. The first-order valence-corrected chi connectivity index (χ1v) is 4.42. The molecule has 0 atom stereocenters. The summed E-state index contributed by atoms with van der Waals surface area (Å²) in [5, 5.41) is 0. The third kappa shape index (κ3) is 4.04. The Morgan fingerprint density at radius 3 is 2.38 bits per heavy atom. The van der Waals surface area contributed by atoms with E-state index < -0.39 is 0 Å². The smallest absolute Gasteiger partial charge is 0.123 e. The number of benzene rings is 1. The lowest BCUT2D eigenvalue weighted by atomic mass is 10.1. The first-order chi connectivity index (χ1) is 6.18. The Morgan fingerprint density at radius 2 is 1.85 bits per heavy atom. The number of hydrogen-bond donors (Lipinski definition) is 0. The van der Waals surface area contributed by atoms with Gasteiger partial charge in [-0.15, -0.1) is 0 Å². The molecule has 0 saturated carbocycles. The number of hydrogen-bond acceptors (Lipinski definition) is 1. The van der Waals surface area contributed by atoms with Crippen LogP contribution >= 0.6 is 0 Å². The molecule has 0 unspecified atom stereocenters. The molecule has 0 aliphatic rings. The van der Waals surface area contributed by atoms with Gasteiger partial charge in [-0.05, 0) is 51.2 Å². The molecular weight excluding hydrogens is 165 g/mol. The summed E-state index contributed by atoms with van der Waals surface area (Å²) in [6, 6.07) is 6.57. The van der Waals surface area contributed by atoms with Crippen molar-refractivity contribution in [3.63, 3.8) is 0 Å². The summed E-state index contributed by atoms with van der Waals surface area (Å²) < 4.78 is 12.5. The average Bonchev–Trinajstić information content (AvgIpc) is 2.08. The van der Waals surface area contributed by atoms with Gasteiger partial charge in [0.15, 0.2) is 0 Å². The molecule has 0 amide bonds. The number of halogens is 1. The molecule has 1 aromatic rings. The summed E-state index contributed by atoms with van der Waals surface area (Å²) in [6.07, 6.45) is 3.11. The fourth-order valence-corrected chi connectivity index (χ4v) is 1.09. The molecule has 0 bridgehead atoms. The maximum Gasteiger partial charge on any atom is 0.123 e. The maximum absolute atomic E-state index is 12.5. The van der Waals surface area contributed by atoms with Crippen molar-refractivity contribution < 1.29 is 4.39 Å². The van der Waals surface area contributed by atoms with Gasteiger partial charge in [-0.1, -0.05) is 12.1 Å². The Labute approximate surface area is 79.2 Å². The van der Waals surface area contributed by atoms with E-state index in [1.54, 1.807) is 12.1 Å². The van der Waals surface area contributed by atoms with Gasteiger partial charge in [0, 0.05) is 0 Å². The summed E-state index contributed by atoms with van der Waals surface area (Å²) in [4.78, 5) is 2.13. The monoisotopic (exact) mass is 180 g/mol.